The summed E-state index contributed by atoms with van der Waals surface area (Å²) in [4.78, 5) is 0. The van der Waals surface area contributed by atoms with Gasteiger partial charge < -0.3 is 4.57 Å². The summed E-state index contributed by atoms with van der Waals surface area (Å²) in [5.74, 6) is 0.0131. The molecule has 2 heteroatoms. The van der Waals surface area contributed by atoms with E-state index in [4.69, 9.17) is 0 Å². The third kappa shape index (κ3) is 5.91. The minimum Gasteiger partial charge on any atom is -0.309 e. The molecule has 1 unspecified atom stereocenters. The molecule has 0 saturated carbocycles. The minimum absolute atomic E-state index is 0.0131. The van der Waals surface area contributed by atoms with Crippen LogP contribution in [0, 0.1) is 0 Å². The highest BCUT2D eigenvalue weighted by Crippen LogP contribution is 2.51. The normalized spacial score (nSPS) is 13.2. The molecule has 0 spiro atoms. The Balaban J connectivity index is 1.15. The summed E-state index contributed by atoms with van der Waals surface area (Å²) in [5, 5.41) is 8.06. The van der Waals surface area contributed by atoms with Gasteiger partial charge in [-0.15, -0.1) is 0 Å². The zero-order valence-electron chi connectivity index (χ0n) is 34.8. The number of fused-ring (bicyclic) bond motifs is 6. The lowest BCUT2D eigenvalue weighted by atomic mass is 9.86. The number of hydrogen-bond acceptors (Lipinski definition) is 0. The molecule has 63 heavy (non-hydrogen) atoms. The lowest BCUT2D eigenvalue weighted by Crippen LogP contribution is -2.74. The van der Waals surface area contributed by atoms with E-state index in [2.05, 4.69) is 259 Å². The fraction of sp³-hybridized carbons (Fsp3) is 0.0164. The van der Waals surface area contributed by atoms with Crippen LogP contribution in [0.4, 0.5) is 0 Å². The molecule has 0 saturated heterocycles. The van der Waals surface area contributed by atoms with Crippen molar-refractivity contribution in [3.8, 4) is 39.1 Å². The summed E-state index contributed by atoms with van der Waals surface area (Å²) in [5.41, 5.74) is 15.1. The fourth-order valence-electron chi connectivity index (χ4n) is 10.8. The number of aromatic nitrogens is 1. The molecule has 0 aliphatic heterocycles. The van der Waals surface area contributed by atoms with Crippen molar-refractivity contribution in [2.45, 2.75) is 5.92 Å². The molecule has 1 nitrogen and oxygen atoms in total. The van der Waals surface area contributed by atoms with E-state index in [0.717, 1.165) is 5.69 Å². The van der Waals surface area contributed by atoms with Crippen LogP contribution < -0.4 is 20.7 Å². The highest BCUT2D eigenvalue weighted by atomic mass is 28.3. The summed E-state index contributed by atoms with van der Waals surface area (Å²) >= 11 is 0. The molecule has 1 aliphatic rings. The number of rotatable bonds is 8. The Morgan fingerprint density at radius 2 is 0.841 bits per heavy atom. The van der Waals surface area contributed by atoms with E-state index in [0.29, 0.717) is 0 Å². The first kappa shape index (κ1) is 37.0. The molecule has 1 heterocycles. The van der Waals surface area contributed by atoms with Gasteiger partial charge in [-0.05, 0) is 89.0 Å². The third-order valence-electron chi connectivity index (χ3n) is 13.4. The van der Waals surface area contributed by atoms with Crippen molar-refractivity contribution >= 4 is 50.6 Å². The Kier molecular flexibility index (Phi) is 8.98. The second-order valence-corrected chi connectivity index (χ2v) is 20.5. The van der Waals surface area contributed by atoms with E-state index in [1.165, 1.54) is 92.6 Å². The number of benzene rings is 10. The largest absolute Gasteiger partial charge is 0.309 e. The summed E-state index contributed by atoms with van der Waals surface area (Å²) in [6.45, 7) is 0. The van der Waals surface area contributed by atoms with Crippen LogP contribution >= 0.6 is 0 Å². The Labute approximate surface area is 369 Å². The van der Waals surface area contributed by atoms with Crippen LogP contribution in [0.1, 0.15) is 22.6 Å². The average Bonchev–Trinajstić information content (AvgIpc) is 3.89. The van der Waals surface area contributed by atoms with Gasteiger partial charge in [0.2, 0.25) is 0 Å². The van der Waals surface area contributed by atoms with E-state index in [1.54, 1.807) is 0 Å². The first-order valence-corrected chi connectivity index (χ1v) is 24.0. The molecule has 0 amide bonds. The molecule has 10 aromatic carbocycles. The van der Waals surface area contributed by atoms with Crippen LogP contribution in [0.5, 0.6) is 0 Å². The van der Waals surface area contributed by atoms with Crippen molar-refractivity contribution < 1.29 is 0 Å². The molecule has 1 aromatic heterocycles. The van der Waals surface area contributed by atoms with Crippen molar-refractivity contribution in [3.63, 3.8) is 0 Å². The summed E-state index contributed by atoms with van der Waals surface area (Å²) in [7, 11) is -2.77. The molecule has 12 rings (SSSR count). The Morgan fingerprint density at radius 3 is 1.51 bits per heavy atom. The van der Waals surface area contributed by atoms with Gasteiger partial charge in [0.15, 0.2) is 8.07 Å². The van der Waals surface area contributed by atoms with Crippen molar-refractivity contribution in [3.05, 3.63) is 271 Å². The fourth-order valence-corrected chi connectivity index (χ4v) is 15.5. The first-order valence-electron chi connectivity index (χ1n) is 22.0. The van der Waals surface area contributed by atoms with E-state index in [-0.39, 0.29) is 5.92 Å². The summed E-state index contributed by atoms with van der Waals surface area (Å²) in [6, 6.07) is 95.1. The van der Waals surface area contributed by atoms with Crippen molar-refractivity contribution in [2.75, 3.05) is 0 Å². The quantitative estimate of drug-likeness (QED) is 0.106. The standard InChI is InChI=1S/C61H43NSi/c1-6-21-43(22-7-1)45-25-20-26-46(41-45)62-58-36-19-18-35-55(58)60-51(44-23-8-2-9-24-44)39-40-56(61(60)62)59-53-34-17-16-33-52(53)57-42-50(37-38-54(57)59)63(47-27-10-3-11-28-47,48-29-12-4-13-30-48)49-31-14-5-15-32-49/h1-42,59H. The van der Waals surface area contributed by atoms with E-state index in [9.17, 15) is 0 Å². The number of nitrogens with zero attached hydrogens (tertiary/aromatic N) is 1. The van der Waals surface area contributed by atoms with Gasteiger partial charge in [-0.3, -0.25) is 0 Å². The van der Waals surface area contributed by atoms with Crippen LogP contribution in [0.25, 0.3) is 60.9 Å². The van der Waals surface area contributed by atoms with E-state index in [1.807, 2.05) is 0 Å². The average molecular weight is 818 g/mol. The van der Waals surface area contributed by atoms with Crippen LogP contribution in [0.2, 0.25) is 0 Å². The lowest BCUT2D eigenvalue weighted by Gasteiger charge is -2.35. The zero-order chi connectivity index (χ0) is 41.7. The third-order valence-corrected chi connectivity index (χ3v) is 18.2. The van der Waals surface area contributed by atoms with Crippen molar-refractivity contribution in [1.82, 2.24) is 4.57 Å². The van der Waals surface area contributed by atoms with Crippen LogP contribution in [0.15, 0.2) is 255 Å². The molecule has 0 fully saturated rings. The second kappa shape index (κ2) is 15.3. The number of para-hydroxylation sites is 1. The van der Waals surface area contributed by atoms with Gasteiger partial charge in [0, 0.05) is 22.4 Å². The Hall–Kier alpha value is -7.78. The molecule has 0 bridgehead atoms. The molecular formula is C61H43NSi. The summed E-state index contributed by atoms with van der Waals surface area (Å²) in [6.07, 6.45) is 0. The maximum Gasteiger partial charge on any atom is 0.179 e. The van der Waals surface area contributed by atoms with E-state index >= 15 is 0 Å². The Morgan fingerprint density at radius 1 is 0.317 bits per heavy atom. The highest BCUT2D eigenvalue weighted by Gasteiger charge is 2.43. The molecule has 0 radical (unpaired) electrons. The predicted molar refractivity (Wildman–Crippen MR) is 268 cm³/mol. The maximum atomic E-state index is 2.57. The van der Waals surface area contributed by atoms with E-state index < -0.39 is 8.07 Å². The van der Waals surface area contributed by atoms with Gasteiger partial charge in [0.25, 0.3) is 0 Å². The van der Waals surface area contributed by atoms with Gasteiger partial charge in [-0.25, -0.2) is 0 Å². The minimum atomic E-state index is -2.77. The summed E-state index contributed by atoms with van der Waals surface area (Å²) < 4.78 is 2.55. The SMILES string of the molecule is c1ccc(-c2cccc(-n3c4ccccc4c4c(-c5ccccc5)ccc(C5c6ccccc6-c6cc([Si](c7ccccc7)(c7ccccc7)c7ccccc7)ccc65)c43)c2)cc1. The monoisotopic (exact) mass is 817 g/mol. The molecule has 1 aliphatic carbocycles. The lowest BCUT2D eigenvalue weighted by molar-refractivity contribution is 1.01. The zero-order valence-corrected chi connectivity index (χ0v) is 35.8. The van der Waals surface area contributed by atoms with Gasteiger partial charge in [-0.2, -0.15) is 0 Å². The van der Waals surface area contributed by atoms with Gasteiger partial charge in [0.1, 0.15) is 0 Å². The first-order chi connectivity index (χ1) is 31.3. The van der Waals surface area contributed by atoms with Crippen LogP contribution in [-0.2, 0) is 0 Å². The Bertz CT molecular complexity index is 3330. The number of hydrogen-bond donors (Lipinski definition) is 0. The molecule has 0 N–H and O–H groups in total. The maximum absolute atomic E-state index is 2.77. The molecule has 1 atom stereocenters. The topological polar surface area (TPSA) is 4.93 Å². The second-order valence-electron chi connectivity index (χ2n) is 16.7. The molecule has 11 aromatic rings. The predicted octanol–water partition coefficient (Wildman–Crippen LogP) is 12.7. The molecular weight excluding hydrogens is 775 g/mol. The highest BCUT2D eigenvalue weighted by molar-refractivity contribution is 7.19. The van der Waals surface area contributed by atoms with Gasteiger partial charge >= 0.3 is 0 Å². The van der Waals surface area contributed by atoms with Crippen molar-refractivity contribution in [2.24, 2.45) is 0 Å². The van der Waals surface area contributed by atoms with Gasteiger partial charge in [-0.1, -0.05) is 237 Å². The van der Waals surface area contributed by atoms with Gasteiger partial charge in [0.05, 0.1) is 11.0 Å². The van der Waals surface area contributed by atoms with Crippen molar-refractivity contribution in [1.29, 1.82) is 0 Å². The molecule has 296 valence electrons. The van der Waals surface area contributed by atoms with Crippen LogP contribution in [-0.4, -0.2) is 12.6 Å². The smallest absolute Gasteiger partial charge is 0.179 e. The van der Waals surface area contributed by atoms with Crippen LogP contribution in [0.3, 0.4) is 0 Å².